The van der Waals surface area contributed by atoms with Gasteiger partial charge in [-0.2, -0.15) is 0 Å². The number of hydrogen-bond acceptors (Lipinski definition) is 6. The van der Waals surface area contributed by atoms with E-state index in [0.29, 0.717) is 18.4 Å². The Morgan fingerprint density at radius 3 is 2.83 bits per heavy atom. The maximum atomic E-state index is 12.6. The number of esters is 1. The van der Waals surface area contributed by atoms with Crippen molar-refractivity contribution in [1.82, 2.24) is 4.98 Å². The monoisotopic (exact) mass is 419 g/mol. The van der Waals surface area contributed by atoms with E-state index >= 15 is 0 Å². The minimum atomic E-state index is -0.927. The number of para-hydroxylation sites is 1. The van der Waals surface area contributed by atoms with Gasteiger partial charge in [-0.3, -0.25) is 4.79 Å². The third kappa shape index (κ3) is 5.59. The largest absolute Gasteiger partial charge is 0.481 e. The molecule has 164 valence electrons. The fourth-order valence-corrected chi connectivity index (χ4v) is 3.64. The van der Waals surface area contributed by atoms with Gasteiger partial charge in [-0.1, -0.05) is 24.6 Å². The summed E-state index contributed by atoms with van der Waals surface area (Å²) in [7, 11) is 0. The molecule has 1 aliphatic heterocycles. The molecular formula is C22H29NO7. The summed E-state index contributed by atoms with van der Waals surface area (Å²) >= 11 is 0. The molecule has 0 radical (unpaired) electrons. The van der Waals surface area contributed by atoms with Gasteiger partial charge in [0.15, 0.2) is 6.29 Å². The molecule has 0 spiro atoms. The van der Waals surface area contributed by atoms with E-state index in [9.17, 15) is 14.7 Å². The van der Waals surface area contributed by atoms with Crippen LogP contribution >= 0.6 is 0 Å². The Hall–Kier alpha value is -2.42. The standard InChI is InChI=1S/C22H29NO7/c1-13(7-3-6-10-20(25)26)28-22-18(24)11-19(14(2)29-22)30-21(27)16-12-23-17-9-5-4-8-15(16)17/h4-5,8-9,12-14,18-19,22-24H,3,6-7,10-11H2,1-2H3,(H,25,26). The number of H-pyrrole nitrogens is 1. The van der Waals surface area contributed by atoms with E-state index in [4.69, 9.17) is 19.3 Å². The topological polar surface area (TPSA) is 118 Å². The van der Waals surface area contributed by atoms with Gasteiger partial charge in [0.2, 0.25) is 0 Å². The third-order valence-corrected chi connectivity index (χ3v) is 5.35. The van der Waals surface area contributed by atoms with Crippen LogP contribution in [0.25, 0.3) is 10.9 Å². The number of aromatic nitrogens is 1. The molecule has 0 amide bonds. The van der Waals surface area contributed by atoms with Crippen molar-refractivity contribution in [3.8, 4) is 0 Å². The van der Waals surface area contributed by atoms with Crippen LogP contribution in [0.1, 0.15) is 56.3 Å². The summed E-state index contributed by atoms with van der Waals surface area (Å²) < 4.78 is 17.2. The molecule has 3 N–H and O–H groups in total. The zero-order valence-electron chi connectivity index (χ0n) is 17.2. The van der Waals surface area contributed by atoms with Crippen LogP contribution in [0.15, 0.2) is 30.5 Å². The first kappa shape index (κ1) is 22.3. The van der Waals surface area contributed by atoms with Crippen molar-refractivity contribution in [3.05, 3.63) is 36.0 Å². The second-order valence-electron chi connectivity index (χ2n) is 7.79. The summed E-state index contributed by atoms with van der Waals surface area (Å²) in [6.45, 7) is 3.65. The minimum Gasteiger partial charge on any atom is -0.481 e. The first-order valence-electron chi connectivity index (χ1n) is 10.3. The van der Waals surface area contributed by atoms with Crippen molar-refractivity contribution >= 4 is 22.8 Å². The zero-order valence-corrected chi connectivity index (χ0v) is 17.2. The Kier molecular flexibility index (Phi) is 7.47. The molecule has 8 heteroatoms. The molecule has 2 aromatic rings. The lowest BCUT2D eigenvalue weighted by Crippen LogP contribution is -2.49. The number of benzene rings is 1. The van der Waals surface area contributed by atoms with Crippen LogP contribution in [0.4, 0.5) is 0 Å². The number of carboxylic acid groups (broad SMARTS) is 1. The lowest BCUT2D eigenvalue weighted by Gasteiger charge is -2.38. The average Bonchev–Trinajstić information content (AvgIpc) is 3.13. The van der Waals surface area contributed by atoms with Crippen LogP contribution < -0.4 is 0 Å². The maximum Gasteiger partial charge on any atom is 0.340 e. The molecule has 8 nitrogen and oxygen atoms in total. The second-order valence-corrected chi connectivity index (χ2v) is 7.79. The van der Waals surface area contributed by atoms with Crippen LogP contribution in [0.2, 0.25) is 0 Å². The number of fused-ring (bicyclic) bond motifs is 1. The van der Waals surface area contributed by atoms with E-state index in [2.05, 4.69) is 4.98 Å². The number of rotatable bonds is 9. The van der Waals surface area contributed by atoms with Crippen molar-refractivity contribution < 1.29 is 34.0 Å². The molecular weight excluding hydrogens is 390 g/mol. The zero-order chi connectivity index (χ0) is 21.7. The Morgan fingerprint density at radius 2 is 2.07 bits per heavy atom. The summed E-state index contributed by atoms with van der Waals surface area (Å²) in [5, 5.41) is 19.9. The highest BCUT2D eigenvalue weighted by atomic mass is 16.7. The number of carboxylic acids is 1. The van der Waals surface area contributed by atoms with Crippen molar-refractivity contribution in [2.75, 3.05) is 0 Å². The van der Waals surface area contributed by atoms with E-state index in [-0.39, 0.29) is 18.9 Å². The average molecular weight is 419 g/mol. The molecule has 1 aliphatic rings. The lowest BCUT2D eigenvalue weighted by atomic mass is 10.0. The highest BCUT2D eigenvalue weighted by molar-refractivity contribution is 6.04. The molecule has 0 aliphatic carbocycles. The quantitative estimate of drug-likeness (QED) is 0.422. The van der Waals surface area contributed by atoms with Crippen molar-refractivity contribution in [3.63, 3.8) is 0 Å². The Balaban J connectivity index is 1.50. The molecule has 5 atom stereocenters. The van der Waals surface area contributed by atoms with Crippen LogP contribution in [0, 0.1) is 0 Å². The third-order valence-electron chi connectivity index (χ3n) is 5.35. The van der Waals surface area contributed by atoms with Crippen molar-refractivity contribution in [2.24, 2.45) is 0 Å². The molecule has 2 heterocycles. The van der Waals surface area contributed by atoms with Crippen LogP contribution in [0.5, 0.6) is 0 Å². The fraction of sp³-hybridized carbons (Fsp3) is 0.545. The number of nitrogens with one attached hydrogen (secondary N) is 1. The predicted octanol–water partition coefficient (Wildman–Crippen LogP) is 3.24. The van der Waals surface area contributed by atoms with Gasteiger partial charge in [0, 0.05) is 29.9 Å². The molecule has 1 aromatic heterocycles. The number of carbonyl (C=O) groups is 2. The minimum absolute atomic E-state index is 0.135. The van der Waals surface area contributed by atoms with E-state index in [0.717, 1.165) is 17.3 Å². The summed E-state index contributed by atoms with van der Waals surface area (Å²) in [5.74, 6) is -1.28. The van der Waals surface area contributed by atoms with E-state index in [1.54, 1.807) is 13.1 Å². The SMILES string of the molecule is CC(CCCCC(=O)O)OC1OC(C)C(OC(=O)c2c[nH]c3ccccc23)CC1O. The highest BCUT2D eigenvalue weighted by Crippen LogP contribution is 2.27. The molecule has 1 fully saturated rings. The van der Waals surface area contributed by atoms with Gasteiger partial charge in [0.05, 0.1) is 17.8 Å². The maximum absolute atomic E-state index is 12.6. The molecule has 3 rings (SSSR count). The van der Waals surface area contributed by atoms with Gasteiger partial charge in [-0.25, -0.2) is 4.79 Å². The first-order chi connectivity index (χ1) is 14.3. The summed E-state index contributed by atoms with van der Waals surface area (Å²) in [5.41, 5.74) is 1.30. The van der Waals surface area contributed by atoms with E-state index < -0.39 is 36.5 Å². The fourth-order valence-electron chi connectivity index (χ4n) is 3.64. The number of hydrogen-bond donors (Lipinski definition) is 3. The van der Waals surface area contributed by atoms with E-state index in [1.165, 1.54) is 0 Å². The Morgan fingerprint density at radius 1 is 1.30 bits per heavy atom. The van der Waals surface area contributed by atoms with E-state index in [1.807, 2.05) is 31.2 Å². The van der Waals surface area contributed by atoms with Crippen LogP contribution in [0.3, 0.4) is 0 Å². The van der Waals surface area contributed by atoms with Crippen LogP contribution in [-0.2, 0) is 19.0 Å². The van der Waals surface area contributed by atoms with Crippen LogP contribution in [-0.4, -0.2) is 57.8 Å². The highest BCUT2D eigenvalue weighted by Gasteiger charge is 2.38. The van der Waals surface area contributed by atoms with Gasteiger partial charge in [-0.05, 0) is 32.8 Å². The molecule has 0 bridgehead atoms. The number of ether oxygens (including phenoxy) is 3. The molecule has 5 unspecified atom stereocenters. The number of aromatic amines is 1. The normalized spacial score (nSPS) is 25.2. The molecule has 1 aromatic carbocycles. The van der Waals surface area contributed by atoms with Gasteiger partial charge in [0.1, 0.15) is 12.2 Å². The van der Waals surface area contributed by atoms with Gasteiger partial charge >= 0.3 is 11.9 Å². The van der Waals surface area contributed by atoms with Gasteiger partial charge in [-0.15, -0.1) is 0 Å². The molecule has 1 saturated heterocycles. The Bertz CT molecular complexity index is 864. The summed E-state index contributed by atoms with van der Waals surface area (Å²) in [6.07, 6.45) is 0.996. The number of carbonyl (C=O) groups excluding carboxylic acids is 1. The summed E-state index contributed by atoms with van der Waals surface area (Å²) in [4.78, 5) is 26.3. The first-order valence-corrected chi connectivity index (χ1v) is 10.3. The smallest absolute Gasteiger partial charge is 0.340 e. The number of aliphatic hydroxyl groups is 1. The van der Waals surface area contributed by atoms with Gasteiger partial charge in [0.25, 0.3) is 0 Å². The molecule has 0 saturated carbocycles. The second kappa shape index (κ2) is 10.1. The molecule has 30 heavy (non-hydrogen) atoms. The van der Waals surface area contributed by atoms with Gasteiger partial charge < -0.3 is 29.4 Å². The Labute approximate surface area is 175 Å². The predicted molar refractivity (Wildman–Crippen MR) is 109 cm³/mol. The van der Waals surface area contributed by atoms with Crippen molar-refractivity contribution in [1.29, 1.82) is 0 Å². The lowest BCUT2D eigenvalue weighted by molar-refractivity contribution is -0.273. The summed E-state index contributed by atoms with van der Waals surface area (Å²) in [6, 6.07) is 7.47. The number of unbranched alkanes of at least 4 members (excludes halogenated alkanes) is 1. The van der Waals surface area contributed by atoms with Crippen molar-refractivity contribution in [2.45, 2.75) is 76.7 Å². The number of aliphatic carboxylic acids is 1. The number of aliphatic hydroxyl groups excluding tert-OH is 1.